The van der Waals surface area contributed by atoms with Crippen LogP contribution < -0.4 is 10.1 Å². The lowest BCUT2D eigenvalue weighted by molar-refractivity contribution is 0.0941. The quantitative estimate of drug-likeness (QED) is 0.441. The van der Waals surface area contributed by atoms with Crippen LogP contribution in [0.5, 0.6) is 5.75 Å². The van der Waals surface area contributed by atoms with Crippen LogP contribution in [0.25, 0.3) is 0 Å². The number of carbonyl (C=O) groups excluding carboxylic acids is 1. The minimum atomic E-state index is -3.90. The Bertz CT molecular complexity index is 1220. The molecule has 3 aromatic carbocycles. The second-order valence-electron chi connectivity index (χ2n) is 8.63. The highest BCUT2D eigenvalue weighted by molar-refractivity contribution is 7.89. The largest absolute Gasteiger partial charge is 0.495 e. The Labute approximate surface area is 208 Å². The van der Waals surface area contributed by atoms with Crippen molar-refractivity contribution in [1.29, 1.82) is 0 Å². The Morgan fingerprint density at radius 1 is 0.914 bits per heavy atom. The summed E-state index contributed by atoms with van der Waals surface area (Å²) in [6.07, 6.45) is 0.778. The van der Waals surface area contributed by atoms with Gasteiger partial charge in [0.2, 0.25) is 10.0 Å². The van der Waals surface area contributed by atoms with Gasteiger partial charge in [-0.2, -0.15) is 4.31 Å². The van der Waals surface area contributed by atoms with Crippen LogP contribution >= 0.6 is 0 Å². The van der Waals surface area contributed by atoms with Crippen LogP contribution in [0.3, 0.4) is 0 Å². The van der Waals surface area contributed by atoms with E-state index in [0.29, 0.717) is 6.54 Å². The first kappa shape index (κ1) is 26.4. The van der Waals surface area contributed by atoms with Crippen LogP contribution in [-0.2, 0) is 23.0 Å². The highest BCUT2D eigenvalue weighted by atomic mass is 32.2. The zero-order valence-electron chi connectivity index (χ0n) is 20.6. The average molecular weight is 496 g/mol. The van der Waals surface area contributed by atoms with Gasteiger partial charge in [-0.3, -0.25) is 4.79 Å². The molecule has 0 heterocycles. The number of benzene rings is 3. The van der Waals surface area contributed by atoms with Crippen LogP contribution in [0.1, 0.15) is 21.5 Å². The van der Waals surface area contributed by atoms with Gasteiger partial charge in [0.25, 0.3) is 5.91 Å². The zero-order chi connectivity index (χ0) is 25.4. The Morgan fingerprint density at radius 3 is 2.09 bits per heavy atom. The fourth-order valence-corrected chi connectivity index (χ4v) is 5.09. The minimum Gasteiger partial charge on any atom is -0.495 e. The molecule has 1 unspecified atom stereocenters. The normalized spacial score (nSPS) is 12.5. The van der Waals surface area contributed by atoms with E-state index in [2.05, 4.69) is 22.3 Å². The van der Waals surface area contributed by atoms with Gasteiger partial charge in [0.1, 0.15) is 10.6 Å². The summed E-state index contributed by atoms with van der Waals surface area (Å²) in [7, 11) is 2.97. The van der Waals surface area contributed by atoms with Crippen molar-refractivity contribution in [3.05, 3.63) is 95.6 Å². The summed E-state index contributed by atoms with van der Waals surface area (Å²) >= 11 is 0. The molecular formula is C27H33N3O4S. The van der Waals surface area contributed by atoms with E-state index in [4.69, 9.17) is 4.74 Å². The first-order valence-corrected chi connectivity index (χ1v) is 12.8. The van der Waals surface area contributed by atoms with Crippen molar-refractivity contribution < 1.29 is 17.9 Å². The lowest BCUT2D eigenvalue weighted by atomic mass is 10.0. The third-order valence-corrected chi connectivity index (χ3v) is 7.73. The Hall–Kier alpha value is -3.20. The van der Waals surface area contributed by atoms with Gasteiger partial charge in [-0.05, 0) is 49.8 Å². The summed E-state index contributed by atoms with van der Waals surface area (Å²) in [4.78, 5) is 15.0. The van der Waals surface area contributed by atoms with E-state index in [-0.39, 0.29) is 34.7 Å². The molecule has 1 N–H and O–H groups in total. The fourth-order valence-electron chi connectivity index (χ4n) is 3.75. The summed E-state index contributed by atoms with van der Waals surface area (Å²) in [5.41, 5.74) is 2.30. The molecule has 8 heteroatoms. The molecule has 0 saturated heterocycles. The molecule has 186 valence electrons. The number of methoxy groups -OCH3 is 1. The van der Waals surface area contributed by atoms with Crippen LogP contribution in [0.2, 0.25) is 0 Å². The number of likely N-dealkylation sites (N-methyl/N-ethyl adjacent to an activating group) is 1. The van der Waals surface area contributed by atoms with E-state index in [9.17, 15) is 13.2 Å². The molecule has 1 amide bonds. The van der Waals surface area contributed by atoms with Crippen LogP contribution in [0, 0.1) is 0 Å². The molecule has 0 fully saturated rings. The number of hydrogen-bond donors (Lipinski definition) is 1. The number of nitrogens with one attached hydrogen (secondary N) is 1. The monoisotopic (exact) mass is 495 g/mol. The smallest absolute Gasteiger partial charge is 0.251 e. The van der Waals surface area contributed by atoms with Gasteiger partial charge in [0.05, 0.1) is 7.11 Å². The molecule has 0 aromatic heterocycles. The summed E-state index contributed by atoms with van der Waals surface area (Å²) in [6, 6.07) is 24.0. The molecule has 0 saturated carbocycles. The number of ether oxygens (including phenoxy) is 1. The maximum absolute atomic E-state index is 13.4. The number of carbonyl (C=O) groups is 1. The molecule has 3 rings (SSSR count). The number of rotatable bonds is 11. The molecule has 0 bridgehead atoms. The van der Waals surface area contributed by atoms with E-state index >= 15 is 0 Å². The topological polar surface area (TPSA) is 79.0 Å². The number of amides is 1. The average Bonchev–Trinajstić information content (AvgIpc) is 2.86. The van der Waals surface area contributed by atoms with E-state index < -0.39 is 10.0 Å². The lowest BCUT2D eigenvalue weighted by Crippen LogP contribution is -2.41. The molecule has 35 heavy (non-hydrogen) atoms. The second kappa shape index (κ2) is 12.0. The molecule has 0 radical (unpaired) electrons. The molecular weight excluding hydrogens is 462 g/mol. The minimum absolute atomic E-state index is 0.0421. The second-order valence-corrected chi connectivity index (χ2v) is 10.6. The Morgan fingerprint density at radius 2 is 1.51 bits per heavy atom. The molecule has 1 atom stereocenters. The van der Waals surface area contributed by atoms with Crippen LogP contribution in [-0.4, -0.2) is 64.4 Å². The summed E-state index contributed by atoms with van der Waals surface area (Å²) in [6.45, 7) is 0.621. The standard InChI is InChI=1S/C27H33N3O4S/c1-29(2)24(17-21-11-7-5-8-12-21)19-28-27(31)23-15-16-25(34-4)26(18-23)35(32,33)30(3)20-22-13-9-6-10-14-22/h5-16,18,24H,17,19-20H2,1-4H3,(H,28,31). The number of hydrogen-bond acceptors (Lipinski definition) is 5. The van der Waals surface area contributed by atoms with Crippen molar-refractivity contribution >= 4 is 15.9 Å². The van der Waals surface area contributed by atoms with E-state index in [0.717, 1.165) is 12.0 Å². The SMILES string of the molecule is COc1ccc(C(=O)NCC(Cc2ccccc2)N(C)C)cc1S(=O)(=O)N(C)Cc1ccccc1. The van der Waals surface area contributed by atoms with Crippen molar-refractivity contribution in [2.45, 2.75) is 23.9 Å². The molecule has 3 aromatic rings. The van der Waals surface area contributed by atoms with E-state index in [1.54, 1.807) is 6.07 Å². The number of sulfonamides is 1. The van der Waals surface area contributed by atoms with Gasteiger partial charge in [0.15, 0.2) is 0 Å². The van der Waals surface area contributed by atoms with Crippen LogP contribution in [0.4, 0.5) is 0 Å². The summed E-state index contributed by atoms with van der Waals surface area (Å²) in [5, 5.41) is 2.96. The van der Waals surface area contributed by atoms with E-state index in [1.807, 2.05) is 62.6 Å². The van der Waals surface area contributed by atoms with Crippen molar-refractivity contribution in [3.63, 3.8) is 0 Å². The lowest BCUT2D eigenvalue weighted by Gasteiger charge is -2.25. The Kier molecular flexibility index (Phi) is 9.03. The first-order chi connectivity index (χ1) is 16.7. The van der Waals surface area contributed by atoms with Crippen molar-refractivity contribution in [2.24, 2.45) is 0 Å². The van der Waals surface area contributed by atoms with Gasteiger partial charge in [-0.1, -0.05) is 60.7 Å². The summed E-state index contributed by atoms with van der Waals surface area (Å²) in [5.74, 6) is -0.147. The highest BCUT2D eigenvalue weighted by Gasteiger charge is 2.26. The van der Waals surface area contributed by atoms with Gasteiger partial charge < -0.3 is 15.0 Å². The predicted octanol–water partition coefficient (Wildman–Crippen LogP) is 3.42. The van der Waals surface area contributed by atoms with Gasteiger partial charge in [-0.15, -0.1) is 0 Å². The van der Waals surface area contributed by atoms with Gasteiger partial charge in [-0.25, -0.2) is 8.42 Å². The van der Waals surface area contributed by atoms with Crippen LogP contribution in [0.15, 0.2) is 83.8 Å². The molecule has 0 aliphatic heterocycles. The third kappa shape index (κ3) is 6.91. The number of nitrogens with zero attached hydrogens (tertiary/aromatic N) is 2. The molecule has 7 nitrogen and oxygen atoms in total. The predicted molar refractivity (Wildman–Crippen MR) is 138 cm³/mol. The molecule has 0 aliphatic carbocycles. The van der Waals surface area contributed by atoms with E-state index in [1.165, 1.54) is 36.2 Å². The maximum Gasteiger partial charge on any atom is 0.251 e. The van der Waals surface area contributed by atoms with Gasteiger partial charge >= 0.3 is 0 Å². The fraction of sp³-hybridized carbons (Fsp3) is 0.296. The summed E-state index contributed by atoms with van der Waals surface area (Å²) < 4.78 is 33.3. The van der Waals surface area contributed by atoms with Crippen molar-refractivity contribution in [3.8, 4) is 5.75 Å². The Balaban J connectivity index is 1.77. The zero-order valence-corrected chi connectivity index (χ0v) is 21.5. The van der Waals surface area contributed by atoms with Gasteiger partial charge in [0, 0.05) is 31.7 Å². The van der Waals surface area contributed by atoms with Crippen molar-refractivity contribution in [2.75, 3.05) is 34.8 Å². The molecule has 0 aliphatic rings. The third-order valence-electron chi connectivity index (χ3n) is 5.90. The maximum atomic E-state index is 13.4. The van der Waals surface area contributed by atoms with Crippen molar-refractivity contribution in [1.82, 2.24) is 14.5 Å². The highest BCUT2D eigenvalue weighted by Crippen LogP contribution is 2.28. The molecule has 0 spiro atoms. The first-order valence-electron chi connectivity index (χ1n) is 11.4.